The van der Waals surface area contributed by atoms with E-state index in [0.717, 1.165) is 0 Å². The van der Waals surface area contributed by atoms with Crippen LogP contribution in [0.2, 0.25) is 0 Å². The first-order chi connectivity index (χ1) is 19.9. The number of esters is 1. The molecule has 10 nitrogen and oxygen atoms in total. The van der Waals surface area contributed by atoms with Gasteiger partial charge in [-0.3, -0.25) is 19.4 Å². The normalized spacial score (nSPS) is 15.2. The van der Waals surface area contributed by atoms with Gasteiger partial charge in [0.1, 0.15) is 54.1 Å². The Balaban J connectivity index is 1.43. The van der Waals surface area contributed by atoms with Crippen LogP contribution in [0.1, 0.15) is 36.8 Å². The Hall–Kier alpha value is -4.95. The van der Waals surface area contributed by atoms with E-state index in [1.54, 1.807) is 38.2 Å². The molecule has 3 N–H and O–H groups in total. The van der Waals surface area contributed by atoms with Gasteiger partial charge in [-0.15, -0.1) is 0 Å². The maximum absolute atomic E-state index is 13.3. The fourth-order valence-corrected chi connectivity index (χ4v) is 3.81. The highest BCUT2D eigenvalue weighted by molar-refractivity contribution is 6.03. The standard InChI is InChI=1S/C31H31FN4O6/c1-19(33)30(39)41-18-31(2,3)13-11-20-5-10-27-26(15-20)36(4)29(38)25(17-40-27)35-28(37)24-16-23(12-14-34-24)42-22-8-6-21(32)7-9-22/h5-10,12,14-16,19,25H,17-18,33H2,1-4H3,(H,35,37)/t19-,25?/m0/s1. The van der Waals surface area contributed by atoms with E-state index >= 15 is 0 Å². The number of nitrogens with zero attached hydrogens (tertiary/aromatic N) is 2. The molecule has 2 heterocycles. The number of nitrogens with two attached hydrogens (primary N) is 1. The fourth-order valence-electron chi connectivity index (χ4n) is 3.81. The molecule has 1 aromatic heterocycles. The minimum Gasteiger partial charge on any atom is -0.489 e. The molecular weight excluding hydrogens is 543 g/mol. The smallest absolute Gasteiger partial charge is 0.322 e. The number of halogens is 1. The lowest BCUT2D eigenvalue weighted by Crippen LogP contribution is -2.49. The minimum atomic E-state index is -0.994. The zero-order chi connectivity index (χ0) is 30.4. The van der Waals surface area contributed by atoms with Crippen molar-refractivity contribution in [3.8, 4) is 29.1 Å². The summed E-state index contributed by atoms with van der Waals surface area (Å²) in [4.78, 5) is 43.5. The van der Waals surface area contributed by atoms with Gasteiger partial charge in [0.15, 0.2) is 0 Å². The second-order valence-corrected chi connectivity index (χ2v) is 10.4. The van der Waals surface area contributed by atoms with E-state index in [4.69, 9.17) is 19.9 Å². The molecule has 2 atom stereocenters. The number of hydrogen-bond acceptors (Lipinski definition) is 8. The van der Waals surface area contributed by atoms with Crippen LogP contribution in [0.25, 0.3) is 0 Å². The van der Waals surface area contributed by atoms with E-state index in [9.17, 15) is 18.8 Å². The number of aromatic nitrogens is 1. The molecular formula is C31H31FN4O6. The van der Waals surface area contributed by atoms with Crippen molar-refractivity contribution in [3.05, 3.63) is 77.9 Å². The van der Waals surface area contributed by atoms with Crippen LogP contribution in [-0.2, 0) is 14.3 Å². The number of anilines is 1. The van der Waals surface area contributed by atoms with Crippen molar-refractivity contribution >= 4 is 23.5 Å². The Kier molecular flexibility index (Phi) is 9.08. The first kappa shape index (κ1) is 30.0. The van der Waals surface area contributed by atoms with Crippen molar-refractivity contribution in [2.24, 2.45) is 11.1 Å². The van der Waals surface area contributed by atoms with Gasteiger partial charge in [-0.2, -0.15) is 0 Å². The van der Waals surface area contributed by atoms with Crippen LogP contribution in [0.3, 0.4) is 0 Å². The number of carbonyl (C=O) groups is 3. The molecule has 1 aliphatic rings. The molecule has 0 saturated heterocycles. The molecule has 4 rings (SSSR count). The van der Waals surface area contributed by atoms with E-state index in [-0.39, 0.29) is 18.9 Å². The van der Waals surface area contributed by atoms with Gasteiger partial charge < -0.3 is 30.2 Å². The van der Waals surface area contributed by atoms with Crippen molar-refractivity contribution in [1.82, 2.24) is 10.3 Å². The first-order valence-electron chi connectivity index (χ1n) is 13.1. The van der Waals surface area contributed by atoms with Crippen molar-refractivity contribution in [2.75, 3.05) is 25.2 Å². The van der Waals surface area contributed by atoms with E-state index in [2.05, 4.69) is 22.1 Å². The van der Waals surface area contributed by atoms with Gasteiger partial charge in [-0.1, -0.05) is 11.8 Å². The van der Waals surface area contributed by atoms with Crippen molar-refractivity contribution in [2.45, 2.75) is 32.9 Å². The second-order valence-electron chi connectivity index (χ2n) is 10.4. The number of rotatable bonds is 7. The van der Waals surface area contributed by atoms with Crippen molar-refractivity contribution < 1.29 is 33.0 Å². The third-order valence-corrected chi connectivity index (χ3v) is 6.17. The molecule has 2 aromatic carbocycles. The average Bonchev–Trinajstić information content (AvgIpc) is 3.08. The number of carbonyl (C=O) groups excluding carboxylic acids is 3. The lowest BCUT2D eigenvalue weighted by Gasteiger charge is -2.20. The summed E-state index contributed by atoms with van der Waals surface area (Å²) < 4.78 is 29.9. The summed E-state index contributed by atoms with van der Waals surface area (Å²) in [5.74, 6) is 5.41. The lowest BCUT2D eigenvalue weighted by atomic mass is 9.95. The van der Waals surface area contributed by atoms with Crippen LogP contribution >= 0.6 is 0 Å². The molecule has 42 heavy (non-hydrogen) atoms. The van der Waals surface area contributed by atoms with Gasteiger partial charge in [0.25, 0.3) is 11.8 Å². The summed E-state index contributed by atoms with van der Waals surface area (Å²) in [6, 6.07) is 11.9. The van der Waals surface area contributed by atoms with Crippen LogP contribution in [-0.4, -0.2) is 55.1 Å². The maximum atomic E-state index is 13.3. The largest absolute Gasteiger partial charge is 0.489 e. The monoisotopic (exact) mass is 574 g/mol. The van der Waals surface area contributed by atoms with E-state index < -0.39 is 41.1 Å². The van der Waals surface area contributed by atoms with Crippen molar-refractivity contribution in [3.63, 3.8) is 0 Å². The molecule has 11 heteroatoms. The molecule has 0 aliphatic carbocycles. The van der Waals surface area contributed by atoms with Gasteiger partial charge in [-0.05, 0) is 69.3 Å². The highest BCUT2D eigenvalue weighted by Gasteiger charge is 2.31. The Morgan fingerprint density at radius 3 is 2.64 bits per heavy atom. The van der Waals surface area contributed by atoms with Gasteiger partial charge in [-0.25, -0.2) is 4.39 Å². The van der Waals surface area contributed by atoms with Gasteiger partial charge in [0.05, 0.1) is 11.1 Å². The number of benzene rings is 2. The van der Waals surface area contributed by atoms with Crippen LogP contribution < -0.4 is 25.4 Å². The SMILES string of the molecule is C[C@H](N)C(=O)OCC(C)(C)C#Cc1ccc2c(c1)N(C)C(=O)C(NC(=O)c1cc(Oc3ccc(F)cc3)ccn1)CO2. The third kappa shape index (κ3) is 7.62. The molecule has 2 amide bonds. The van der Waals surface area contributed by atoms with Gasteiger partial charge in [0.2, 0.25) is 0 Å². The Morgan fingerprint density at radius 2 is 1.93 bits per heavy atom. The van der Waals surface area contributed by atoms with Crippen molar-refractivity contribution in [1.29, 1.82) is 0 Å². The number of amides is 2. The summed E-state index contributed by atoms with van der Waals surface area (Å²) in [6.07, 6.45) is 1.40. The number of nitrogens with one attached hydrogen (secondary N) is 1. The molecule has 1 aliphatic heterocycles. The fraction of sp³-hybridized carbons (Fsp3) is 0.290. The van der Waals surface area contributed by atoms with Crippen LogP contribution in [0, 0.1) is 23.1 Å². The average molecular weight is 575 g/mol. The zero-order valence-electron chi connectivity index (χ0n) is 23.6. The molecule has 0 radical (unpaired) electrons. The predicted molar refractivity (Wildman–Crippen MR) is 153 cm³/mol. The molecule has 3 aromatic rings. The number of hydrogen-bond donors (Lipinski definition) is 2. The molecule has 0 fully saturated rings. The van der Waals surface area contributed by atoms with Gasteiger partial charge >= 0.3 is 5.97 Å². The molecule has 1 unspecified atom stereocenters. The Morgan fingerprint density at radius 1 is 1.19 bits per heavy atom. The highest BCUT2D eigenvalue weighted by atomic mass is 19.1. The maximum Gasteiger partial charge on any atom is 0.322 e. The third-order valence-electron chi connectivity index (χ3n) is 6.17. The Labute approximate surface area is 243 Å². The number of pyridine rings is 1. The Bertz CT molecular complexity index is 1540. The van der Waals surface area contributed by atoms with E-state index in [0.29, 0.717) is 28.5 Å². The number of ether oxygens (including phenoxy) is 3. The molecule has 218 valence electrons. The summed E-state index contributed by atoms with van der Waals surface area (Å²) in [5.41, 5.74) is 6.03. The van der Waals surface area contributed by atoms with Crippen LogP contribution in [0.5, 0.6) is 17.2 Å². The van der Waals surface area contributed by atoms with Crippen LogP contribution in [0.15, 0.2) is 60.8 Å². The zero-order valence-corrected chi connectivity index (χ0v) is 23.6. The second kappa shape index (κ2) is 12.7. The molecule has 0 spiro atoms. The summed E-state index contributed by atoms with van der Waals surface area (Å²) >= 11 is 0. The quantitative estimate of drug-likeness (QED) is 0.324. The summed E-state index contributed by atoms with van der Waals surface area (Å²) in [7, 11) is 1.58. The van der Waals surface area contributed by atoms with Gasteiger partial charge in [0, 0.05) is 24.9 Å². The minimum absolute atomic E-state index is 0.0265. The number of fused-ring (bicyclic) bond motifs is 1. The highest BCUT2D eigenvalue weighted by Crippen LogP contribution is 2.32. The predicted octanol–water partition coefficient (Wildman–Crippen LogP) is 3.43. The van der Waals surface area contributed by atoms with E-state index in [1.165, 1.54) is 41.4 Å². The summed E-state index contributed by atoms with van der Waals surface area (Å²) in [6.45, 7) is 5.20. The first-order valence-corrected chi connectivity index (χ1v) is 13.1. The topological polar surface area (TPSA) is 133 Å². The molecule has 0 bridgehead atoms. The van der Waals surface area contributed by atoms with Crippen LogP contribution in [0.4, 0.5) is 10.1 Å². The summed E-state index contributed by atoms with van der Waals surface area (Å²) in [5, 5.41) is 2.68. The number of likely N-dealkylation sites (N-methyl/N-ethyl adjacent to an activating group) is 1. The lowest BCUT2D eigenvalue weighted by molar-refractivity contribution is -0.146. The van der Waals surface area contributed by atoms with E-state index in [1.807, 2.05) is 13.8 Å². The molecule has 0 saturated carbocycles.